The normalized spacial score (nSPS) is 17.8. The highest BCUT2D eigenvalue weighted by molar-refractivity contribution is 5.89. The summed E-state index contributed by atoms with van der Waals surface area (Å²) in [4.78, 5) is 13.4. The summed E-state index contributed by atoms with van der Waals surface area (Å²) < 4.78 is 13.4. The molecule has 1 aliphatic heterocycles. The summed E-state index contributed by atoms with van der Waals surface area (Å²) in [5.74, 6) is 0.633. The first-order chi connectivity index (χ1) is 12.8. The zero-order chi connectivity index (χ0) is 17.5. The third-order valence-electron chi connectivity index (χ3n) is 5.51. The lowest BCUT2D eigenvalue weighted by atomic mass is 10.1. The van der Waals surface area contributed by atoms with Crippen molar-refractivity contribution in [2.45, 2.75) is 25.8 Å². The Bertz CT molecular complexity index is 944. The van der Waals surface area contributed by atoms with Crippen molar-refractivity contribution in [2.75, 3.05) is 31.1 Å². The molecule has 1 N–H and O–H groups in total. The van der Waals surface area contributed by atoms with Gasteiger partial charge in [0.25, 0.3) is 0 Å². The van der Waals surface area contributed by atoms with Crippen LogP contribution in [0, 0.1) is 5.82 Å². The van der Waals surface area contributed by atoms with E-state index in [-0.39, 0.29) is 5.82 Å². The van der Waals surface area contributed by atoms with Gasteiger partial charge in [-0.2, -0.15) is 5.10 Å². The monoisotopic (exact) mass is 352 g/mol. The summed E-state index contributed by atoms with van der Waals surface area (Å²) >= 11 is 0. The second-order valence-corrected chi connectivity index (χ2v) is 7.10. The van der Waals surface area contributed by atoms with Gasteiger partial charge in [0.2, 0.25) is 0 Å². The maximum Gasteiger partial charge on any atom is 0.139 e. The van der Waals surface area contributed by atoms with Crippen LogP contribution in [0.2, 0.25) is 0 Å². The van der Waals surface area contributed by atoms with Crippen LogP contribution >= 0.6 is 0 Å². The van der Waals surface area contributed by atoms with Crippen molar-refractivity contribution in [1.29, 1.82) is 0 Å². The highest BCUT2D eigenvalue weighted by atomic mass is 19.1. The Labute approximate surface area is 151 Å². The first-order valence-electron chi connectivity index (χ1n) is 9.20. The smallest absolute Gasteiger partial charge is 0.139 e. The number of aromatic amines is 1. The lowest BCUT2D eigenvalue weighted by molar-refractivity contribution is 0.246. The number of hydrogen-bond acceptors (Lipinski definition) is 5. The standard InChI is InChI=1S/C19H21FN6/c20-13-4-5-15-17(10-13)21-12-22-19(15)26-8-6-25(7-9-26)11-18-14-2-1-3-16(14)23-24-18/h4-5,10,12H,1-3,6-9,11H2,(H,23,24). The molecule has 134 valence electrons. The van der Waals surface area contributed by atoms with E-state index in [0.717, 1.165) is 56.8 Å². The predicted molar refractivity (Wildman–Crippen MR) is 97.6 cm³/mol. The number of hydrogen-bond donors (Lipinski definition) is 1. The Morgan fingerprint density at radius 2 is 1.96 bits per heavy atom. The first-order valence-corrected chi connectivity index (χ1v) is 9.20. The number of halogens is 1. The van der Waals surface area contributed by atoms with E-state index in [9.17, 15) is 4.39 Å². The minimum Gasteiger partial charge on any atom is -0.353 e. The van der Waals surface area contributed by atoms with Crippen molar-refractivity contribution in [1.82, 2.24) is 25.1 Å². The molecule has 5 rings (SSSR count). The van der Waals surface area contributed by atoms with Gasteiger partial charge in [0, 0.05) is 49.9 Å². The van der Waals surface area contributed by atoms with Crippen molar-refractivity contribution in [3.8, 4) is 0 Å². The summed E-state index contributed by atoms with van der Waals surface area (Å²) in [5.41, 5.74) is 4.65. The van der Waals surface area contributed by atoms with E-state index in [2.05, 4.69) is 30.0 Å². The van der Waals surface area contributed by atoms with E-state index in [1.54, 1.807) is 6.07 Å². The van der Waals surface area contributed by atoms with Gasteiger partial charge < -0.3 is 4.90 Å². The van der Waals surface area contributed by atoms with Crippen LogP contribution in [0.1, 0.15) is 23.4 Å². The molecule has 0 amide bonds. The van der Waals surface area contributed by atoms with E-state index in [1.807, 2.05) is 0 Å². The number of nitrogens with one attached hydrogen (secondary N) is 1. The van der Waals surface area contributed by atoms with Crippen molar-refractivity contribution in [3.05, 3.63) is 47.3 Å². The topological polar surface area (TPSA) is 60.9 Å². The molecule has 3 heterocycles. The average Bonchev–Trinajstić information content (AvgIpc) is 3.27. The number of fused-ring (bicyclic) bond motifs is 2. The van der Waals surface area contributed by atoms with Crippen molar-refractivity contribution >= 4 is 16.7 Å². The van der Waals surface area contributed by atoms with E-state index >= 15 is 0 Å². The second-order valence-electron chi connectivity index (χ2n) is 7.10. The minimum atomic E-state index is -0.265. The summed E-state index contributed by atoms with van der Waals surface area (Å²) in [7, 11) is 0. The quantitative estimate of drug-likeness (QED) is 0.784. The van der Waals surface area contributed by atoms with Gasteiger partial charge in [0.05, 0.1) is 11.2 Å². The summed E-state index contributed by atoms with van der Waals surface area (Å²) in [6.45, 7) is 4.64. The Kier molecular flexibility index (Phi) is 3.81. The van der Waals surface area contributed by atoms with Gasteiger partial charge in [0.1, 0.15) is 18.0 Å². The molecule has 0 atom stereocenters. The lowest BCUT2D eigenvalue weighted by Crippen LogP contribution is -2.46. The fraction of sp³-hybridized carbons (Fsp3) is 0.421. The first kappa shape index (κ1) is 15.7. The van der Waals surface area contributed by atoms with Crippen molar-refractivity contribution in [2.24, 2.45) is 0 Å². The van der Waals surface area contributed by atoms with Gasteiger partial charge in [-0.15, -0.1) is 0 Å². The third kappa shape index (κ3) is 2.72. The van der Waals surface area contributed by atoms with Crippen LogP contribution < -0.4 is 4.90 Å². The summed E-state index contributed by atoms with van der Waals surface area (Å²) in [5, 5.41) is 8.63. The molecule has 2 aliphatic rings. The van der Waals surface area contributed by atoms with Crippen LogP contribution in [-0.2, 0) is 19.4 Å². The Hall–Kier alpha value is -2.54. The number of anilines is 1. The zero-order valence-corrected chi connectivity index (χ0v) is 14.6. The van der Waals surface area contributed by atoms with Crippen LogP contribution in [-0.4, -0.2) is 51.2 Å². The van der Waals surface area contributed by atoms with Crippen LogP contribution in [0.3, 0.4) is 0 Å². The number of rotatable bonds is 3. The number of piperazine rings is 1. The summed E-state index contributed by atoms with van der Waals surface area (Å²) in [6.07, 6.45) is 5.06. The molecule has 0 spiro atoms. The number of H-pyrrole nitrogens is 1. The second kappa shape index (κ2) is 6.32. The summed E-state index contributed by atoms with van der Waals surface area (Å²) in [6, 6.07) is 4.72. The van der Waals surface area contributed by atoms with Gasteiger partial charge >= 0.3 is 0 Å². The average molecular weight is 352 g/mol. The Morgan fingerprint density at radius 1 is 1.08 bits per heavy atom. The van der Waals surface area contributed by atoms with Crippen molar-refractivity contribution < 1.29 is 4.39 Å². The van der Waals surface area contributed by atoms with Gasteiger partial charge in [-0.1, -0.05) is 0 Å². The van der Waals surface area contributed by atoms with Crippen molar-refractivity contribution in [3.63, 3.8) is 0 Å². The van der Waals surface area contributed by atoms with E-state index in [1.165, 1.54) is 41.8 Å². The molecule has 26 heavy (non-hydrogen) atoms. The molecule has 1 fully saturated rings. The lowest BCUT2D eigenvalue weighted by Gasteiger charge is -2.35. The van der Waals surface area contributed by atoms with Crippen LogP contribution in [0.25, 0.3) is 10.9 Å². The number of benzene rings is 1. The fourth-order valence-corrected chi connectivity index (χ4v) is 4.12. The largest absolute Gasteiger partial charge is 0.353 e. The number of aryl methyl sites for hydroxylation is 1. The molecule has 0 saturated carbocycles. The number of aromatic nitrogens is 4. The van der Waals surface area contributed by atoms with Crippen LogP contribution in [0.5, 0.6) is 0 Å². The predicted octanol–water partition coefficient (Wildman–Crippen LogP) is 2.30. The molecule has 1 saturated heterocycles. The molecule has 1 aromatic carbocycles. The number of nitrogens with zero attached hydrogens (tertiary/aromatic N) is 5. The molecule has 6 nitrogen and oxygen atoms in total. The van der Waals surface area contributed by atoms with Crippen LogP contribution in [0.4, 0.5) is 10.2 Å². The molecule has 3 aromatic rings. The van der Waals surface area contributed by atoms with E-state index < -0.39 is 0 Å². The van der Waals surface area contributed by atoms with E-state index in [0.29, 0.717) is 5.52 Å². The highest BCUT2D eigenvalue weighted by Crippen LogP contribution is 2.26. The molecule has 7 heteroatoms. The van der Waals surface area contributed by atoms with Gasteiger partial charge in [-0.05, 0) is 37.0 Å². The third-order valence-corrected chi connectivity index (χ3v) is 5.51. The maximum atomic E-state index is 13.4. The highest BCUT2D eigenvalue weighted by Gasteiger charge is 2.24. The molecule has 0 bridgehead atoms. The Morgan fingerprint density at radius 3 is 2.85 bits per heavy atom. The zero-order valence-electron chi connectivity index (χ0n) is 14.6. The maximum absolute atomic E-state index is 13.4. The van der Waals surface area contributed by atoms with Crippen LogP contribution in [0.15, 0.2) is 24.5 Å². The molecule has 0 unspecified atom stereocenters. The van der Waals surface area contributed by atoms with Gasteiger partial charge in [-0.25, -0.2) is 14.4 Å². The Balaban J connectivity index is 1.30. The van der Waals surface area contributed by atoms with Gasteiger partial charge in [0.15, 0.2) is 0 Å². The van der Waals surface area contributed by atoms with E-state index in [4.69, 9.17) is 0 Å². The minimum absolute atomic E-state index is 0.265. The molecule has 0 radical (unpaired) electrons. The SMILES string of the molecule is Fc1ccc2c(N3CCN(Cc4n[nH]c5c4CCC5)CC3)ncnc2c1. The molecular formula is C19H21FN6. The molecular weight excluding hydrogens is 331 g/mol. The fourth-order valence-electron chi connectivity index (χ4n) is 4.12. The molecule has 1 aliphatic carbocycles. The van der Waals surface area contributed by atoms with Gasteiger partial charge in [-0.3, -0.25) is 10.00 Å². The molecule has 2 aromatic heterocycles.